The van der Waals surface area contributed by atoms with Crippen LogP contribution in [0, 0.1) is 0 Å². The maximum absolute atomic E-state index is 12.2. The Morgan fingerprint density at radius 2 is 1.55 bits per heavy atom. The lowest BCUT2D eigenvalue weighted by atomic mass is 10.2. The number of benzene rings is 2. The molecule has 1 amide bonds. The zero-order valence-electron chi connectivity index (χ0n) is 17.7. The number of anilines is 2. The second-order valence-corrected chi connectivity index (χ2v) is 7.07. The van der Waals surface area contributed by atoms with Gasteiger partial charge in [0.05, 0.1) is 19.8 Å². The molecule has 2 N–H and O–H groups in total. The normalized spacial score (nSPS) is 10.4. The van der Waals surface area contributed by atoms with E-state index in [-0.39, 0.29) is 12.5 Å². The molecule has 0 saturated carbocycles. The Labute approximate surface area is 174 Å². The summed E-state index contributed by atoms with van der Waals surface area (Å²) >= 11 is 0. The van der Waals surface area contributed by atoms with E-state index in [9.17, 15) is 4.79 Å². The number of hydrogen-bond acceptors (Lipinski definition) is 4. The van der Waals surface area contributed by atoms with Crippen molar-refractivity contribution in [1.29, 1.82) is 0 Å². The fourth-order valence-electron chi connectivity index (χ4n) is 2.84. The Morgan fingerprint density at radius 3 is 2.31 bits per heavy atom. The molecule has 0 saturated heterocycles. The van der Waals surface area contributed by atoms with Crippen LogP contribution in [0.15, 0.2) is 48.5 Å². The Kier molecular flexibility index (Phi) is 10.5. The van der Waals surface area contributed by atoms with Gasteiger partial charge in [-0.1, -0.05) is 45.6 Å². The van der Waals surface area contributed by atoms with Gasteiger partial charge in [-0.05, 0) is 49.2 Å². The lowest BCUT2D eigenvalue weighted by Crippen LogP contribution is -2.21. The summed E-state index contributed by atoms with van der Waals surface area (Å²) in [5, 5.41) is 6.03. The number of rotatable bonds is 14. The Hall–Kier alpha value is -2.69. The third-order valence-corrected chi connectivity index (χ3v) is 4.41. The summed E-state index contributed by atoms with van der Waals surface area (Å²) in [4.78, 5) is 12.2. The highest BCUT2D eigenvalue weighted by Crippen LogP contribution is 2.18. The van der Waals surface area contributed by atoms with Gasteiger partial charge in [-0.25, -0.2) is 0 Å². The van der Waals surface area contributed by atoms with E-state index in [0.29, 0.717) is 13.2 Å². The van der Waals surface area contributed by atoms with Crippen LogP contribution in [0.2, 0.25) is 0 Å². The summed E-state index contributed by atoms with van der Waals surface area (Å²) in [5.41, 5.74) is 1.62. The molecule has 29 heavy (non-hydrogen) atoms. The first-order chi connectivity index (χ1) is 14.2. The van der Waals surface area contributed by atoms with E-state index < -0.39 is 0 Å². The van der Waals surface area contributed by atoms with Crippen LogP contribution in [0.3, 0.4) is 0 Å². The zero-order chi connectivity index (χ0) is 20.7. The molecule has 2 aromatic rings. The summed E-state index contributed by atoms with van der Waals surface area (Å²) in [5.74, 6) is 1.52. The predicted octanol–water partition coefficient (Wildman–Crippen LogP) is 5.88. The average molecular weight is 399 g/mol. The van der Waals surface area contributed by atoms with Gasteiger partial charge < -0.3 is 20.1 Å². The van der Waals surface area contributed by atoms with Gasteiger partial charge in [0.25, 0.3) is 0 Å². The first-order valence-electron chi connectivity index (χ1n) is 10.7. The fourth-order valence-corrected chi connectivity index (χ4v) is 2.84. The Balaban J connectivity index is 1.71. The van der Waals surface area contributed by atoms with Crippen molar-refractivity contribution in [3.05, 3.63) is 48.5 Å². The third kappa shape index (κ3) is 9.37. The third-order valence-electron chi connectivity index (χ3n) is 4.41. The van der Waals surface area contributed by atoms with Gasteiger partial charge in [0.15, 0.2) is 0 Å². The fraction of sp³-hybridized carbons (Fsp3) is 0.458. The Morgan fingerprint density at radius 1 is 0.793 bits per heavy atom. The monoisotopic (exact) mass is 398 g/mol. The van der Waals surface area contributed by atoms with Crippen molar-refractivity contribution in [2.75, 3.05) is 30.4 Å². The number of nitrogens with one attached hydrogen (secondary N) is 2. The van der Waals surface area contributed by atoms with Crippen molar-refractivity contribution in [2.24, 2.45) is 0 Å². The summed E-state index contributed by atoms with van der Waals surface area (Å²) in [7, 11) is 0. The van der Waals surface area contributed by atoms with E-state index in [1.165, 1.54) is 25.7 Å². The molecular weight excluding hydrogens is 364 g/mol. The first kappa shape index (κ1) is 22.6. The van der Waals surface area contributed by atoms with Crippen LogP contribution in [0.1, 0.15) is 52.4 Å². The Bertz CT molecular complexity index is 716. The zero-order valence-corrected chi connectivity index (χ0v) is 17.7. The van der Waals surface area contributed by atoms with Gasteiger partial charge in [-0.3, -0.25) is 4.79 Å². The van der Waals surface area contributed by atoms with Crippen molar-refractivity contribution in [1.82, 2.24) is 0 Å². The van der Waals surface area contributed by atoms with E-state index in [0.717, 1.165) is 35.7 Å². The van der Waals surface area contributed by atoms with Gasteiger partial charge in [-0.2, -0.15) is 0 Å². The molecule has 0 aliphatic heterocycles. The minimum Gasteiger partial charge on any atom is -0.494 e. The van der Waals surface area contributed by atoms with Crippen LogP contribution in [0.5, 0.6) is 11.5 Å². The van der Waals surface area contributed by atoms with Crippen molar-refractivity contribution >= 4 is 17.3 Å². The van der Waals surface area contributed by atoms with Gasteiger partial charge >= 0.3 is 0 Å². The molecule has 2 aromatic carbocycles. The number of ether oxygens (including phenoxy) is 2. The standard InChI is InChI=1S/C24H34N2O3/c1-3-5-6-7-8-17-29-23-11-9-10-21(18-23)26-24(27)19-25-20-12-14-22(15-13-20)28-16-4-2/h9-15,18,25H,3-8,16-17,19H2,1-2H3,(H,26,27). The van der Waals surface area contributed by atoms with Gasteiger partial charge in [0, 0.05) is 17.4 Å². The summed E-state index contributed by atoms with van der Waals surface area (Å²) in [6.45, 7) is 5.89. The average Bonchev–Trinajstić information content (AvgIpc) is 2.74. The molecule has 0 aliphatic carbocycles. The number of amides is 1. The topological polar surface area (TPSA) is 59.6 Å². The molecule has 0 bridgehead atoms. The van der Waals surface area contributed by atoms with Crippen LogP contribution in [-0.2, 0) is 4.79 Å². The summed E-state index contributed by atoms with van der Waals surface area (Å²) in [6.07, 6.45) is 7.02. The van der Waals surface area contributed by atoms with E-state index in [1.54, 1.807) is 0 Å². The molecule has 0 atom stereocenters. The highest BCUT2D eigenvalue weighted by atomic mass is 16.5. The maximum atomic E-state index is 12.2. The lowest BCUT2D eigenvalue weighted by molar-refractivity contribution is -0.114. The van der Waals surface area contributed by atoms with Crippen LogP contribution in [-0.4, -0.2) is 25.7 Å². The molecule has 5 nitrogen and oxygen atoms in total. The first-order valence-corrected chi connectivity index (χ1v) is 10.7. The molecule has 0 heterocycles. The van der Waals surface area contributed by atoms with E-state index in [2.05, 4.69) is 24.5 Å². The number of hydrogen-bond donors (Lipinski definition) is 2. The quantitative estimate of drug-likeness (QED) is 0.390. The van der Waals surface area contributed by atoms with Crippen molar-refractivity contribution in [3.8, 4) is 11.5 Å². The smallest absolute Gasteiger partial charge is 0.243 e. The van der Waals surface area contributed by atoms with E-state index >= 15 is 0 Å². The van der Waals surface area contributed by atoms with Crippen molar-refractivity contribution in [2.45, 2.75) is 52.4 Å². The maximum Gasteiger partial charge on any atom is 0.243 e. The molecule has 5 heteroatoms. The van der Waals surface area contributed by atoms with Gasteiger partial charge in [0.1, 0.15) is 11.5 Å². The molecule has 2 rings (SSSR count). The van der Waals surface area contributed by atoms with Gasteiger partial charge in [0.2, 0.25) is 5.91 Å². The minimum absolute atomic E-state index is 0.104. The SMILES string of the molecule is CCCCCCCOc1cccc(NC(=O)CNc2ccc(OCCC)cc2)c1. The second kappa shape index (κ2) is 13.5. The van der Waals surface area contributed by atoms with E-state index in [1.807, 2.05) is 48.5 Å². The lowest BCUT2D eigenvalue weighted by Gasteiger charge is -2.11. The second-order valence-electron chi connectivity index (χ2n) is 7.07. The molecule has 0 aromatic heterocycles. The summed E-state index contributed by atoms with van der Waals surface area (Å²) < 4.78 is 11.4. The number of unbranched alkanes of at least 4 members (excludes halogenated alkanes) is 4. The molecule has 158 valence electrons. The number of carbonyl (C=O) groups is 1. The number of carbonyl (C=O) groups excluding carboxylic acids is 1. The molecule has 0 fully saturated rings. The summed E-state index contributed by atoms with van der Waals surface area (Å²) in [6, 6.07) is 15.2. The molecular formula is C24H34N2O3. The largest absolute Gasteiger partial charge is 0.494 e. The van der Waals surface area contributed by atoms with Crippen LogP contribution in [0.25, 0.3) is 0 Å². The van der Waals surface area contributed by atoms with Gasteiger partial charge in [-0.15, -0.1) is 0 Å². The highest BCUT2D eigenvalue weighted by molar-refractivity contribution is 5.93. The molecule has 0 spiro atoms. The predicted molar refractivity (Wildman–Crippen MR) is 120 cm³/mol. The van der Waals surface area contributed by atoms with E-state index in [4.69, 9.17) is 9.47 Å². The van der Waals surface area contributed by atoms with Crippen LogP contribution < -0.4 is 20.1 Å². The molecule has 0 radical (unpaired) electrons. The van der Waals surface area contributed by atoms with Crippen LogP contribution in [0.4, 0.5) is 11.4 Å². The van der Waals surface area contributed by atoms with Crippen LogP contribution >= 0.6 is 0 Å². The molecule has 0 unspecified atom stereocenters. The van der Waals surface area contributed by atoms with Crippen molar-refractivity contribution < 1.29 is 14.3 Å². The highest BCUT2D eigenvalue weighted by Gasteiger charge is 2.04. The minimum atomic E-state index is -0.104. The molecule has 0 aliphatic rings. The van der Waals surface area contributed by atoms with Crippen molar-refractivity contribution in [3.63, 3.8) is 0 Å².